The van der Waals surface area contributed by atoms with Crippen LogP contribution in [-0.2, 0) is 11.2 Å². The van der Waals surface area contributed by atoms with E-state index in [9.17, 15) is 4.79 Å². The fourth-order valence-corrected chi connectivity index (χ4v) is 3.06. The summed E-state index contributed by atoms with van der Waals surface area (Å²) in [6.07, 6.45) is 0.783. The smallest absolute Gasteiger partial charge is 0.376 e. The van der Waals surface area contributed by atoms with Gasteiger partial charge in [-0.15, -0.1) is 22.0 Å². The highest BCUT2D eigenvalue weighted by atomic mass is 32.2. The van der Waals surface area contributed by atoms with Crippen molar-refractivity contribution in [2.24, 2.45) is 0 Å². The molecule has 2 heterocycles. The Morgan fingerprint density at radius 3 is 3.11 bits per heavy atom. The molecule has 0 fully saturated rings. The second-order valence-electron chi connectivity index (χ2n) is 4.06. The first kappa shape index (κ1) is 12.2. The van der Waals surface area contributed by atoms with Crippen molar-refractivity contribution in [1.29, 1.82) is 0 Å². The molecule has 3 rings (SSSR count). The van der Waals surface area contributed by atoms with E-state index in [4.69, 9.17) is 4.74 Å². The highest BCUT2D eigenvalue weighted by molar-refractivity contribution is 7.99. The summed E-state index contributed by atoms with van der Waals surface area (Å²) in [5.74, 6) is 1.56. The number of hydrogen-bond acceptors (Lipinski definition) is 5. The lowest BCUT2D eigenvalue weighted by Crippen LogP contribution is -2.13. The van der Waals surface area contributed by atoms with Crippen LogP contribution in [0.5, 0.6) is 0 Å². The van der Waals surface area contributed by atoms with Gasteiger partial charge in [0.1, 0.15) is 5.82 Å². The normalized spacial score (nSPS) is 13.3. The molecule has 98 valence electrons. The van der Waals surface area contributed by atoms with E-state index in [0.717, 1.165) is 28.6 Å². The van der Waals surface area contributed by atoms with Gasteiger partial charge in [-0.05, 0) is 19.1 Å². The molecule has 0 aliphatic carbocycles. The summed E-state index contributed by atoms with van der Waals surface area (Å²) in [5.41, 5.74) is 0.952. The Hall–Kier alpha value is -1.82. The first-order chi connectivity index (χ1) is 9.31. The average molecular weight is 275 g/mol. The Kier molecular flexibility index (Phi) is 3.25. The molecule has 0 radical (unpaired) electrons. The number of aromatic nitrogens is 3. The third-order valence-corrected chi connectivity index (χ3v) is 3.94. The predicted molar refractivity (Wildman–Crippen MR) is 71.7 cm³/mol. The summed E-state index contributed by atoms with van der Waals surface area (Å²) in [4.78, 5) is 13.1. The second-order valence-corrected chi connectivity index (χ2v) is 5.20. The fraction of sp³-hybridized carbons (Fsp3) is 0.308. The molecule has 6 heteroatoms. The number of benzene rings is 1. The quantitative estimate of drug-likeness (QED) is 0.785. The Morgan fingerprint density at radius 2 is 2.26 bits per heavy atom. The van der Waals surface area contributed by atoms with E-state index < -0.39 is 5.97 Å². The van der Waals surface area contributed by atoms with Gasteiger partial charge in [0, 0.05) is 17.1 Å². The van der Waals surface area contributed by atoms with Crippen molar-refractivity contribution < 1.29 is 9.53 Å². The van der Waals surface area contributed by atoms with Crippen molar-refractivity contribution in [3.63, 3.8) is 0 Å². The van der Waals surface area contributed by atoms with Crippen LogP contribution in [0.1, 0.15) is 23.4 Å². The molecule has 0 bridgehead atoms. The first-order valence-electron chi connectivity index (χ1n) is 6.15. The van der Waals surface area contributed by atoms with Crippen LogP contribution in [0.4, 0.5) is 0 Å². The lowest BCUT2D eigenvalue weighted by molar-refractivity contribution is 0.0509. The summed E-state index contributed by atoms with van der Waals surface area (Å²) in [5, 5.41) is 8.10. The topological polar surface area (TPSA) is 57.0 Å². The number of para-hydroxylation sites is 1. The molecule has 0 saturated carbocycles. The predicted octanol–water partition coefficient (Wildman–Crippen LogP) is 2.09. The number of aryl methyl sites for hydroxylation is 1. The highest BCUT2D eigenvalue weighted by Gasteiger charge is 2.24. The molecule has 2 aromatic rings. The maximum atomic E-state index is 11.9. The van der Waals surface area contributed by atoms with E-state index in [2.05, 4.69) is 10.2 Å². The number of rotatable bonds is 2. The molecule has 19 heavy (non-hydrogen) atoms. The van der Waals surface area contributed by atoms with E-state index >= 15 is 0 Å². The molecule has 0 spiro atoms. The molecular formula is C13H13N3O2S. The minimum absolute atomic E-state index is 0.256. The number of carbonyl (C=O) groups is 1. The monoisotopic (exact) mass is 275 g/mol. The molecule has 0 unspecified atom stereocenters. The third kappa shape index (κ3) is 2.12. The van der Waals surface area contributed by atoms with Gasteiger partial charge in [0.05, 0.1) is 12.3 Å². The summed E-state index contributed by atoms with van der Waals surface area (Å²) < 4.78 is 6.85. The minimum atomic E-state index is -0.428. The van der Waals surface area contributed by atoms with E-state index in [1.807, 2.05) is 28.8 Å². The molecule has 0 amide bonds. The standard InChI is InChI=1S/C13H13N3O2S/c1-2-18-13(17)12-15-14-11-7-8-19-10-6-4-3-5-9(10)16(11)12/h3-6H,2,7-8H2,1H3. The first-order valence-corrected chi connectivity index (χ1v) is 7.13. The average Bonchev–Trinajstić information content (AvgIpc) is 2.75. The summed E-state index contributed by atoms with van der Waals surface area (Å²) in [7, 11) is 0. The number of esters is 1. The Morgan fingerprint density at radius 1 is 1.42 bits per heavy atom. The molecule has 1 aromatic carbocycles. The molecule has 5 nitrogen and oxygen atoms in total. The number of ether oxygens (including phenoxy) is 1. The number of fused-ring (bicyclic) bond motifs is 3. The molecule has 0 atom stereocenters. The van der Waals surface area contributed by atoms with Crippen LogP contribution in [0.3, 0.4) is 0 Å². The fourth-order valence-electron chi connectivity index (χ4n) is 2.08. The van der Waals surface area contributed by atoms with Crippen LogP contribution < -0.4 is 0 Å². The zero-order valence-electron chi connectivity index (χ0n) is 10.5. The summed E-state index contributed by atoms with van der Waals surface area (Å²) in [6, 6.07) is 7.96. The maximum absolute atomic E-state index is 11.9. The lowest BCUT2D eigenvalue weighted by Gasteiger charge is -2.09. The van der Waals surface area contributed by atoms with Crippen LogP contribution in [0.25, 0.3) is 5.69 Å². The zero-order valence-corrected chi connectivity index (χ0v) is 11.3. The number of nitrogens with zero attached hydrogens (tertiary/aromatic N) is 3. The van der Waals surface area contributed by atoms with Crippen LogP contribution in [0.2, 0.25) is 0 Å². The SMILES string of the molecule is CCOC(=O)c1nnc2n1-c1ccccc1SCC2. The van der Waals surface area contributed by atoms with Crippen molar-refractivity contribution in [3.8, 4) is 5.69 Å². The molecule has 0 saturated heterocycles. The number of thioether (sulfide) groups is 1. The van der Waals surface area contributed by atoms with E-state index in [0.29, 0.717) is 6.61 Å². The number of carbonyl (C=O) groups excluding carboxylic acids is 1. The van der Waals surface area contributed by atoms with Crippen molar-refractivity contribution in [3.05, 3.63) is 35.9 Å². The van der Waals surface area contributed by atoms with E-state index in [1.165, 1.54) is 0 Å². The summed E-state index contributed by atoms with van der Waals surface area (Å²) in [6.45, 7) is 2.11. The van der Waals surface area contributed by atoms with Gasteiger partial charge in [0.15, 0.2) is 0 Å². The largest absolute Gasteiger partial charge is 0.460 e. The zero-order chi connectivity index (χ0) is 13.2. The van der Waals surface area contributed by atoms with Crippen LogP contribution in [-0.4, -0.2) is 33.1 Å². The molecule has 1 aliphatic heterocycles. The maximum Gasteiger partial charge on any atom is 0.376 e. The molecule has 0 N–H and O–H groups in total. The lowest BCUT2D eigenvalue weighted by atomic mass is 10.3. The van der Waals surface area contributed by atoms with Gasteiger partial charge < -0.3 is 4.74 Å². The second kappa shape index (κ2) is 5.05. The van der Waals surface area contributed by atoms with Gasteiger partial charge in [-0.2, -0.15) is 0 Å². The van der Waals surface area contributed by atoms with Crippen LogP contribution in [0, 0.1) is 0 Å². The van der Waals surface area contributed by atoms with Gasteiger partial charge >= 0.3 is 5.97 Å². The Bertz CT molecular complexity index is 624. The van der Waals surface area contributed by atoms with Crippen LogP contribution in [0.15, 0.2) is 29.2 Å². The van der Waals surface area contributed by atoms with Crippen molar-refractivity contribution >= 4 is 17.7 Å². The van der Waals surface area contributed by atoms with Gasteiger partial charge in [-0.3, -0.25) is 4.57 Å². The molecular weight excluding hydrogens is 262 g/mol. The van der Waals surface area contributed by atoms with Crippen LogP contribution >= 0.6 is 11.8 Å². The Labute approximate surface area is 115 Å². The van der Waals surface area contributed by atoms with Gasteiger partial charge in [0.2, 0.25) is 5.82 Å². The minimum Gasteiger partial charge on any atom is -0.460 e. The van der Waals surface area contributed by atoms with Crippen molar-refractivity contribution in [2.75, 3.05) is 12.4 Å². The van der Waals surface area contributed by atoms with Gasteiger partial charge in [-0.1, -0.05) is 12.1 Å². The summed E-state index contributed by atoms with van der Waals surface area (Å²) >= 11 is 1.76. The molecule has 1 aliphatic rings. The molecule has 1 aromatic heterocycles. The van der Waals surface area contributed by atoms with Gasteiger partial charge in [0.25, 0.3) is 0 Å². The Balaban J connectivity index is 2.16. The van der Waals surface area contributed by atoms with Gasteiger partial charge in [-0.25, -0.2) is 4.79 Å². The third-order valence-electron chi connectivity index (χ3n) is 2.88. The highest BCUT2D eigenvalue weighted by Crippen LogP contribution is 2.31. The number of hydrogen-bond donors (Lipinski definition) is 0. The van der Waals surface area contributed by atoms with Crippen molar-refractivity contribution in [1.82, 2.24) is 14.8 Å². The van der Waals surface area contributed by atoms with E-state index in [-0.39, 0.29) is 5.82 Å². The van der Waals surface area contributed by atoms with Crippen molar-refractivity contribution in [2.45, 2.75) is 18.2 Å². The van der Waals surface area contributed by atoms with E-state index in [1.54, 1.807) is 18.7 Å².